The van der Waals surface area contributed by atoms with Crippen molar-refractivity contribution in [2.45, 2.75) is 0 Å². The predicted octanol–water partition coefficient (Wildman–Crippen LogP) is 0.683. The van der Waals surface area contributed by atoms with Crippen LogP contribution in [-0.4, -0.2) is 17.9 Å². The molecule has 0 N–H and O–H groups in total. The van der Waals surface area contributed by atoms with Crippen LogP contribution in [0.2, 0.25) is 0 Å². The molecule has 1 rings (SSSR count). The van der Waals surface area contributed by atoms with Crippen molar-refractivity contribution in [1.82, 2.24) is 4.90 Å². The summed E-state index contributed by atoms with van der Waals surface area (Å²) >= 11 is 0. The summed E-state index contributed by atoms with van der Waals surface area (Å²) in [6, 6.07) is 0. The first-order valence-corrected chi connectivity index (χ1v) is 2.67. The second-order valence-corrected chi connectivity index (χ2v) is 1.77. The van der Waals surface area contributed by atoms with Gasteiger partial charge in [-0.2, -0.15) is 0 Å². The van der Waals surface area contributed by atoms with Gasteiger partial charge in [0.15, 0.2) is 0 Å². The van der Waals surface area contributed by atoms with Gasteiger partial charge in [0.25, 0.3) is 5.91 Å². The minimum absolute atomic E-state index is 0.0174. The summed E-state index contributed by atoms with van der Waals surface area (Å²) in [5.41, 5.74) is 2.80. The Bertz CT molecular complexity index is 209. The number of carbonyl (C=O) groups excluding carboxylic acids is 1. The molecule has 0 saturated carbocycles. The fraction of sp³-hybridized carbons (Fsp3) is 0.143. The van der Waals surface area contributed by atoms with Crippen LogP contribution in [0.1, 0.15) is 0 Å². The van der Waals surface area contributed by atoms with Gasteiger partial charge in [-0.15, -0.1) is 5.73 Å². The van der Waals surface area contributed by atoms with Crippen LogP contribution in [0.3, 0.4) is 0 Å². The summed E-state index contributed by atoms with van der Waals surface area (Å²) in [6.07, 6.45) is 6.46. The fourth-order valence-corrected chi connectivity index (χ4v) is 0.522. The number of allylic oxidation sites excluding steroid dienone is 2. The third kappa shape index (κ3) is 1.31. The third-order valence-corrected chi connectivity index (χ3v) is 1.05. The van der Waals surface area contributed by atoms with Crippen molar-refractivity contribution in [3.05, 3.63) is 30.2 Å². The van der Waals surface area contributed by atoms with E-state index < -0.39 is 0 Å². The zero-order valence-electron chi connectivity index (χ0n) is 5.16. The van der Waals surface area contributed by atoms with E-state index in [0.717, 1.165) is 0 Å². The summed E-state index contributed by atoms with van der Waals surface area (Å²) in [4.78, 5) is 12.2. The van der Waals surface area contributed by atoms with E-state index in [0.29, 0.717) is 0 Å². The Labute approximate surface area is 53.8 Å². The zero-order valence-corrected chi connectivity index (χ0v) is 5.16. The smallest absolute Gasteiger partial charge is 0.250 e. The van der Waals surface area contributed by atoms with Gasteiger partial charge in [-0.3, -0.25) is 4.79 Å². The number of nitrogens with zero attached hydrogens (tertiary/aromatic N) is 1. The monoisotopic (exact) mass is 121 g/mol. The SMILES string of the molecule is CN1C=C=CC=CC1=O. The standard InChI is InChI=1S/C7H7NO/c1-8-6-4-2-3-5-7(8)9/h2-3,5-6H,1H3. The van der Waals surface area contributed by atoms with Gasteiger partial charge < -0.3 is 4.90 Å². The Morgan fingerprint density at radius 3 is 3.22 bits per heavy atom. The average molecular weight is 121 g/mol. The van der Waals surface area contributed by atoms with Crippen molar-refractivity contribution in [3.63, 3.8) is 0 Å². The topological polar surface area (TPSA) is 20.3 Å². The molecule has 0 aliphatic carbocycles. The third-order valence-electron chi connectivity index (χ3n) is 1.05. The van der Waals surface area contributed by atoms with Gasteiger partial charge in [-0.1, -0.05) is 0 Å². The largest absolute Gasteiger partial charge is 0.311 e. The van der Waals surface area contributed by atoms with Crippen LogP contribution in [0.4, 0.5) is 0 Å². The molecule has 0 radical (unpaired) electrons. The molecule has 0 spiro atoms. The Kier molecular flexibility index (Phi) is 1.52. The number of rotatable bonds is 0. The van der Waals surface area contributed by atoms with E-state index in [9.17, 15) is 4.79 Å². The summed E-state index contributed by atoms with van der Waals surface area (Å²) < 4.78 is 0. The van der Waals surface area contributed by atoms with E-state index in [-0.39, 0.29) is 5.91 Å². The molecule has 0 fully saturated rings. The van der Waals surface area contributed by atoms with E-state index in [1.807, 2.05) is 0 Å². The van der Waals surface area contributed by atoms with Gasteiger partial charge in [0.1, 0.15) is 0 Å². The van der Waals surface area contributed by atoms with Crippen LogP contribution >= 0.6 is 0 Å². The molecule has 2 nitrogen and oxygen atoms in total. The normalized spacial score (nSPS) is 16.6. The van der Waals surface area contributed by atoms with Gasteiger partial charge in [0.2, 0.25) is 0 Å². The molecular formula is C7H7NO. The Morgan fingerprint density at radius 1 is 1.67 bits per heavy atom. The van der Waals surface area contributed by atoms with Gasteiger partial charge >= 0.3 is 0 Å². The Morgan fingerprint density at radius 2 is 2.44 bits per heavy atom. The molecule has 1 amide bonds. The Hall–Kier alpha value is -1.27. The summed E-state index contributed by atoms with van der Waals surface area (Å²) in [7, 11) is 1.69. The van der Waals surface area contributed by atoms with E-state index >= 15 is 0 Å². The van der Waals surface area contributed by atoms with Crippen molar-refractivity contribution in [2.24, 2.45) is 0 Å². The van der Waals surface area contributed by atoms with Crippen molar-refractivity contribution in [2.75, 3.05) is 7.05 Å². The fourth-order valence-electron chi connectivity index (χ4n) is 0.522. The molecule has 46 valence electrons. The van der Waals surface area contributed by atoms with E-state index in [1.165, 1.54) is 11.0 Å². The minimum atomic E-state index is -0.0174. The van der Waals surface area contributed by atoms with Gasteiger partial charge in [0, 0.05) is 19.3 Å². The zero-order chi connectivity index (χ0) is 6.69. The molecule has 2 heteroatoms. The van der Waals surface area contributed by atoms with E-state index in [2.05, 4.69) is 5.73 Å². The molecule has 0 bridgehead atoms. The minimum Gasteiger partial charge on any atom is -0.311 e. The van der Waals surface area contributed by atoms with Gasteiger partial charge in [-0.25, -0.2) is 0 Å². The molecule has 0 aromatic heterocycles. The van der Waals surface area contributed by atoms with Crippen LogP contribution in [0, 0.1) is 0 Å². The molecule has 0 aromatic carbocycles. The van der Waals surface area contributed by atoms with E-state index in [4.69, 9.17) is 0 Å². The molecule has 1 heterocycles. The van der Waals surface area contributed by atoms with Crippen LogP contribution in [0.5, 0.6) is 0 Å². The summed E-state index contributed by atoms with van der Waals surface area (Å²) in [5, 5.41) is 0. The second-order valence-electron chi connectivity index (χ2n) is 1.77. The van der Waals surface area contributed by atoms with Crippen molar-refractivity contribution < 1.29 is 4.79 Å². The predicted molar refractivity (Wildman–Crippen MR) is 34.6 cm³/mol. The quantitative estimate of drug-likeness (QED) is 0.431. The number of hydrogen-bond acceptors (Lipinski definition) is 1. The first kappa shape index (κ1) is 5.86. The summed E-state index contributed by atoms with van der Waals surface area (Å²) in [5.74, 6) is -0.0174. The van der Waals surface area contributed by atoms with E-state index in [1.54, 1.807) is 25.4 Å². The maximum absolute atomic E-state index is 10.8. The first-order chi connectivity index (χ1) is 4.30. The summed E-state index contributed by atoms with van der Waals surface area (Å²) in [6.45, 7) is 0. The van der Waals surface area contributed by atoms with Crippen LogP contribution in [0.25, 0.3) is 0 Å². The highest BCUT2D eigenvalue weighted by molar-refractivity contribution is 5.88. The van der Waals surface area contributed by atoms with Gasteiger partial charge in [-0.05, 0) is 12.2 Å². The molecular weight excluding hydrogens is 114 g/mol. The molecule has 1 aliphatic rings. The highest BCUT2D eigenvalue weighted by Gasteiger charge is 1.98. The van der Waals surface area contributed by atoms with Crippen LogP contribution in [0.15, 0.2) is 30.2 Å². The van der Waals surface area contributed by atoms with Crippen LogP contribution in [-0.2, 0) is 4.79 Å². The van der Waals surface area contributed by atoms with Crippen molar-refractivity contribution >= 4 is 5.91 Å². The lowest BCUT2D eigenvalue weighted by molar-refractivity contribution is -0.122. The number of likely N-dealkylation sites (N-methyl/N-ethyl adjacent to an activating group) is 1. The van der Waals surface area contributed by atoms with Crippen LogP contribution < -0.4 is 0 Å². The molecule has 0 unspecified atom stereocenters. The lowest BCUT2D eigenvalue weighted by Gasteiger charge is -2.04. The first-order valence-electron chi connectivity index (χ1n) is 2.67. The lowest BCUT2D eigenvalue weighted by Crippen LogP contribution is -2.16. The molecule has 0 aromatic rings. The molecule has 1 aliphatic heterocycles. The number of amides is 1. The lowest BCUT2D eigenvalue weighted by atomic mass is 10.5. The molecule has 0 atom stereocenters. The average Bonchev–Trinajstić information content (AvgIpc) is 1.99. The maximum atomic E-state index is 10.8. The van der Waals surface area contributed by atoms with Gasteiger partial charge in [0.05, 0.1) is 0 Å². The Balaban J connectivity index is 2.90. The maximum Gasteiger partial charge on any atom is 0.250 e. The molecule has 0 saturated heterocycles. The second kappa shape index (κ2) is 2.33. The molecule has 9 heavy (non-hydrogen) atoms. The highest BCUT2D eigenvalue weighted by Crippen LogP contribution is 1.91. The number of hydrogen-bond donors (Lipinski definition) is 0. The number of carbonyl (C=O) groups is 1. The van der Waals surface area contributed by atoms with Crippen molar-refractivity contribution in [3.8, 4) is 0 Å². The highest BCUT2D eigenvalue weighted by atomic mass is 16.2. The van der Waals surface area contributed by atoms with Crippen molar-refractivity contribution in [1.29, 1.82) is 0 Å².